The Hall–Kier alpha value is -1.66. The van der Waals surface area contributed by atoms with Crippen LogP contribution in [0.25, 0.3) is 0 Å². The van der Waals surface area contributed by atoms with Crippen LogP contribution in [0, 0.1) is 0 Å². The molecule has 5 nitrogen and oxygen atoms in total. The molecule has 0 aromatic heterocycles. The zero-order valence-corrected chi connectivity index (χ0v) is 19.3. The largest absolute Gasteiger partial charge is 0.493 e. The normalized spacial score (nSPS) is 13.3. The molecule has 2 aromatic rings. The SMILES string of the molecule is COc1cc(CNCCCN2CCCC2=O)ccc1OCc1c(Cl)cccc1Cl.Cl. The molecule has 0 spiro atoms. The minimum atomic E-state index is 0. The summed E-state index contributed by atoms with van der Waals surface area (Å²) in [5.74, 6) is 1.58. The van der Waals surface area contributed by atoms with Crippen molar-refractivity contribution in [2.75, 3.05) is 26.7 Å². The summed E-state index contributed by atoms with van der Waals surface area (Å²) in [6, 6.07) is 11.2. The number of carbonyl (C=O) groups excluding carboxylic acids is 1. The van der Waals surface area contributed by atoms with Crippen molar-refractivity contribution < 1.29 is 14.3 Å². The van der Waals surface area contributed by atoms with E-state index in [0.717, 1.165) is 50.1 Å². The number of methoxy groups -OCH3 is 1. The maximum atomic E-state index is 11.6. The fraction of sp³-hybridized carbons (Fsp3) is 0.409. The number of halogens is 3. The molecule has 1 fully saturated rings. The van der Waals surface area contributed by atoms with Gasteiger partial charge in [0.2, 0.25) is 5.91 Å². The number of benzene rings is 2. The summed E-state index contributed by atoms with van der Waals surface area (Å²) < 4.78 is 11.4. The summed E-state index contributed by atoms with van der Waals surface area (Å²) in [5, 5.41) is 4.57. The summed E-state index contributed by atoms with van der Waals surface area (Å²) in [5.41, 5.74) is 1.85. The molecule has 3 rings (SSSR count). The van der Waals surface area contributed by atoms with Gasteiger partial charge in [-0.1, -0.05) is 35.3 Å². The van der Waals surface area contributed by atoms with Crippen molar-refractivity contribution >= 4 is 41.5 Å². The number of nitrogens with zero attached hydrogens (tertiary/aromatic N) is 1. The van der Waals surface area contributed by atoms with Crippen molar-refractivity contribution in [3.63, 3.8) is 0 Å². The van der Waals surface area contributed by atoms with E-state index in [9.17, 15) is 4.79 Å². The average molecular weight is 474 g/mol. The van der Waals surface area contributed by atoms with Crippen molar-refractivity contribution in [3.8, 4) is 11.5 Å². The number of likely N-dealkylation sites (tertiary alicyclic amines) is 1. The third kappa shape index (κ3) is 6.67. The third-order valence-electron chi connectivity index (χ3n) is 4.94. The molecule has 0 aliphatic carbocycles. The third-order valence-corrected chi connectivity index (χ3v) is 5.65. The molecule has 0 atom stereocenters. The number of hydrogen-bond donors (Lipinski definition) is 1. The Balaban J connectivity index is 0.00000320. The van der Waals surface area contributed by atoms with Crippen molar-refractivity contribution in [3.05, 3.63) is 57.6 Å². The Bertz CT molecular complexity index is 828. The predicted octanol–water partition coefficient (Wildman–Crippen LogP) is 5.10. The van der Waals surface area contributed by atoms with E-state index in [4.69, 9.17) is 32.7 Å². The van der Waals surface area contributed by atoms with E-state index in [1.807, 2.05) is 23.1 Å². The lowest BCUT2D eigenvalue weighted by atomic mass is 10.2. The van der Waals surface area contributed by atoms with Crippen molar-refractivity contribution in [1.29, 1.82) is 0 Å². The number of hydrogen-bond acceptors (Lipinski definition) is 4. The number of rotatable bonds is 10. The number of nitrogens with one attached hydrogen (secondary N) is 1. The molecule has 0 bridgehead atoms. The minimum Gasteiger partial charge on any atom is -0.493 e. The molecule has 0 unspecified atom stereocenters. The molecule has 1 aliphatic rings. The second-order valence-corrected chi connectivity index (χ2v) is 7.80. The molecule has 164 valence electrons. The highest BCUT2D eigenvalue weighted by molar-refractivity contribution is 6.35. The van der Waals surface area contributed by atoms with Crippen molar-refractivity contribution in [1.82, 2.24) is 10.2 Å². The first-order valence-corrected chi connectivity index (χ1v) is 10.5. The maximum absolute atomic E-state index is 11.6. The Kier molecular flexibility index (Phi) is 10.1. The number of carbonyl (C=O) groups is 1. The van der Waals surface area contributed by atoms with Crippen LogP contribution in [0.3, 0.4) is 0 Å². The first kappa shape index (κ1) is 24.6. The van der Waals surface area contributed by atoms with E-state index in [1.54, 1.807) is 25.3 Å². The molecule has 2 aromatic carbocycles. The Morgan fingerprint density at radius 3 is 2.57 bits per heavy atom. The van der Waals surface area contributed by atoms with Crippen LogP contribution in [0.2, 0.25) is 10.0 Å². The van der Waals surface area contributed by atoms with Crippen LogP contribution in [0.1, 0.15) is 30.4 Å². The quantitative estimate of drug-likeness (QED) is 0.488. The molecule has 8 heteroatoms. The molecule has 1 saturated heterocycles. The highest BCUT2D eigenvalue weighted by Gasteiger charge is 2.18. The van der Waals surface area contributed by atoms with Crippen molar-refractivity contribution in [2.24, 2.45) is 0 Å². The first-order chi connectivity index (χ1) is 14.1. The van der Waals surface area contributed by atoms with Gasteiger partial charge in [-0.2, -0.15) is 0 Å². The topological polar surface area (TPSA) is 50.8 Å². The van der Waals surface area contributed by atoms with Gasteiger partial charge in [0.05, 0.1) is 7.11 Å². The molecular weight excluding hydrogens is 447 g/mol. The predicted molar refractivity (Wildman–Crippen MR) is 123 cm³/mol. The zero-order valence-electron chi connectivity index (χ0n) is 17.0. The summed E-state index contributed by atoms with van der Waals surface area (Å²) in [7, 11) is 1.62. The van der Waals surface area contributed by atoms with Gasteiger partial charge in [0, 0.05) is 41.7 Å². The Morgan fingerprint density at radius 1 is 1.13 bits per heavy atom. The van der Waals surface area contributed by atoms with Gasteiger partial charge in [-0.15, -0.1) is 12.4 Å². The molecule has 1 amide bonds. The van der Waals surface area contributed by atoms with Gasteiger partial charge in [0.15, 0.2) is 11.5 Å². The number of amides is 1. The smallest absolute Gasteiger partial charge is 0.222 e. The van der Waals surface area contributed by atoms with Crippen LogP contribution in [-0.4, -0.2) is 37.6 Å². The summed E-state index contributed by atoms with van der Waals surface area (Å²) >= 11 is 12.4. The Morgan fingerprint density at radius 2 is 1.90 bits per heavy atom. The lowest BCUT2D eigenvalue weighted by molar-refractivity contribution is -0.127. The van der Waals surface area contributed by atoms with Crippen LogP contribution < -0.4 is 14.8 Å². The lowest BCUT2D eigenvalue weighted by Gasteiger charge is -2.16. The average Bonchev–Trinajstić information content (AvgIpc) is 3.12. The van der Waals surface area contributed by atoms with Gasteiger partial charge in [0.25, 0.3) is 0 Å². The summed E-state index contributed by atoms with van der Waals surface area (Å²) in [6.07, 6.45) is 2.64. The van der Waals surface area contributed by atoms with E-state index >= 15 is 0 Å². The highest BCUT2D eigenvalue weighted by Crippen LogP contribution is 2.31. The molecule has 0 saturated carbocycles. The van der Waals surface area contributed by atoms with E-state index < -0.39 is 0 Å². The van der Waals surface area contributed by atoms with Crippen LogP contribution >= 0.6 is 35.6 Å². The second-order valence-electron chi connectivity index (χ2n) is 6.99. The summed E-state index contributed by atoms with van der Waals surface area (Å²) in [6.45, 7) is 3.57. The summed E-state index contributed by atoms with van der Waals surface area (Å²) in [4.78, 5) is 13.6. The van der Waals surface area contributed by atoms with Crippen LogP contribution in [0.4, 0.5) is 0 Å². The van der Waals surface area contributed by atoms with E-state index in [0.29, 0.717) is 28.0 Å². The van der Waals surface area contributed by atoms with E-state index in [-0.39, 0.29) is 24.9 Å². The Labute approximate surface area is 194 Å². The fourth-order valence-electron chi connectivity index (χ4n) is 3.33. The second kappa shape index (κ2) is 12.3. The van der Waals surface area contributed by atoms with Crippen molar-refractivity contribution in [2.45, 2.75) is 32.4 Å². The van der Waals surface area contributed by atoms with Gasteiger partial charge >= 0.3 is 0 Å². The molecular formula is C22H27Cl3N2O3. The van der Waals surface area contributed by atoms with Gasteiger partial charge in [0.1, 0.15) is 6.61 Å². The van der Waals surface area contributed by atoms with Crippen LogP contribution in [0.5, 0.6) is 11.5 Å². The molecule has 30 heavy (non-hydrogen) atoms. The van der Waals surface area contributed by atoms with E-state index in [1.165, 1.54) is 0 Å². The van der Waals surface area contributed by atoms with Gasteiger partial charge in [-0.3, -0.25) is 4.79 Å². The van der Waals surface area contributed by atoms with E-state index in [2.05, 4.69) is 5.32 Å². The lowest BCUT2D eigenvalue weighted by Crippen LogP contribution is -2.28. The molecule has 1 N–H and O–H groups in total. The van der Waals surface area contributed by atoms with Gasteiger partial charge in [-0.05, 0) is 49.2 Å². The van der Waals surface area contributed by atoms with Gasteiger partial charge < -0.3 is 19.7 Å². The maximum Gasteiger partial charge on any atom is 0.222 e. The van der Waals surface area contributed by atoms with Crippen LogP contribution in [0.15, 0.2) is 36.4 Å². The molecule has 0 radical (unpaired) electrons. The first-order valence-electron chi connectivity index (χ1n) is 9.79. The minimum absolute atomic E-state index is 0. The zero-order chi connectivity index (χ0) is 20.6. The standard InChI is InChI=1S/C22H26Cl2N2O3.ClH/c1-28-21-13-16(14-25-10-4-12-26-11-3-7-22(26)27)8-9-20(21)29-15-17-18(23)5-2-6-19(17)24;/h2,5-6,8-9,13,25H,3-4,7,10-12,14-15H2,1H3;1H. The molecule has 1 aliphatic heterocycles. The molecule has 1 heterocycles. The highest BCUT2D eigenvalue weighted by atomic mass is 35.5. The monoisotopic (exact) mass is 472 g/mol. The fourth-order valence-corrected chi connectivity index (χ4v) is 3.84. The number of ether oxygens (including phenoxy) is 2. The van der Waals surface area contributed by atoms with Crippen LogP contribution in [-0.2, 0) is 17.9 Å². The van der Waals surface area contributed by atoms with Gasteiger partial charge in [-0.25, -0.2) is 0 Å².